The summed E-state index contributed by atoms with van der Waals surface area (Å²) in [6.45, 7) is 3.66. The van der Waals surface area contributed by atoms with E-state index in [0.717, 1.165) is 42.2 Å². The predicted molar refractivity (Wildman–Crippen MR) is 90.7 cm³/mol. The van der Waals surface area contributed by atoms with E-state index in [9.17, 15) is 4.79 Å². The highest BCUT2D eigenvalue weighted by atomic mass is 32.1. The zero-order valence-corrected chi connectivity index (χ0v) is 13.8. The molecule has 1 amide bonds. The molecule has 0 aliphatic carbocycles. The van der Waals surface area contributed by atoms with Crippen molar-refractivity contribution in [3.05, 3.63) is 45.8 Å². The molecule has 1 saturated heterocycles. The minimum atomic E-state index is 0.181. The number of nitrogens with zero attached hydrogens (tertiary/aromatic N) is 2. The third-order valence-corrected chi connectivity index (χ3v) is 5.28. The maximum absolute atomic E-state index is 12.7. The average molecular weight is 315 g/mol. The first-order chi connectivity index (χ1) is 10.7. The van der Waals surface area contributed by atoms with E-state index < -0.39 is 0 Å². The van der Waals surface area contributed by atoms with E-state index in [1.54, 1.807) is 11.3 Å². The van der Waals surface area contributed by atoms with E-state index in [4.69, 9.17) is 0 Å². The SMILES string of the molecule is CNc1cc(C2CCCN(C(=O)c3sccc3C)C2)ccn1. The van der Waals surface area contributed by atoms with Gasteiger partial charge in [-0.15, -0.1) is 11.3 Å². The standard InChI is InChI=1S/C17H21N3OS/c1-12-6-9-22-16(12)17(21)20-8-3-4-14(11-20)13-5-7-19-15(10-13)18-2/h5-7,9-10,14H,3-4,8,11H2,1-2H3,(H,18,19). The molecule has 0 saturated carbocycles. The molecule has 3 heterocycles. The number of piperidine rings is 1. The Kier molecular flexibility index (Phi) is 4.43. The summed E-state index contributed by atoms with van der Waals surface area (Å²) in [6, 6.07) is 6.17. The smallest absolute Gasteiger partial charge is 0.264 e. The Morgan fingerprint density at radius 2 is 2.32 bits per heavy atom. The van der Waals surface area contributed by atoms with Gasteiger partial charge in [-0.05, 0) is 54.5 Å². The minimum Gasteiger partial charge on any atom is -0.373 e. The molecular formula is C17H21N3OS. The third kappa shape index (κ3) is 2.99. The summed E-state index contributed by atoms with van der Waals surface area (Å²) in [5.41, 5.74) is 2.35. The van der Waals surface area contributed by atoms with Gasteiger partial charge < -0.3 is 10.2 Å². The fourth-order valence-electron chi connectivity index (χ4n) is 3.01. The maximum Gasteiger partial charge on any atom is 0.264 e. The fraction of sp³-hybridized carbons (Fsp3) is 0.412. The number of nitrogens with one attached hydrogen (secondary N) is 1. The molecule has 1 aliphatic rings. The molecule has 1 atom stereocenters. The van der Waals surface area contributed by atoms with Crippen LogP contribution in [0.3, 0.4) is 0 Å². The third-order valence-electron chi connectivity index (χ3n) is 4.28. The van der Waals surface area contributed by atoms with Crippen molar-refractivity contribution >= 4 is 23.1 Å². The largest absolute Gasteiger partial charge is 0.373 e. The number of hydrogen-bond acceptors (Lipinski definition) is 4. The summed E-state index contributed by atoms with van der Waals surface area (Å²) >= 11 is 1.54. The maximum atomic E-state index is 12.7. The van der Waals surface area contributed by atoms with E-state index >= 15 is 0 Å². The Labute approximate surface area is 135 Å². The van der Waals surface area contributed by atoms with E-state index in [1.807, 2.05) is 36.5 Å². The van der Waals surface area contributed by atoms with Crippen LogP contribution in [0.15, 0.2) is 29.8 Å². The number of aryl methyl sites for hydroxylation is 1. The number of hydrogen-bond donors (Lipinski definition) is 1. The molecule has 4 nitrogen and oxygen atoms in total. The highest BCUT2D eigenvalue weighted by Crippen LogP contribution is 2.29. The van der Waals surface area contributed by atoms with Crippen molar-refractivity contribution in [1.29, 1.82) is 0 Å². The van der Waals surface area contributed by atoms with Crippen LogP contribution < -0.4 is 5.32 Å². The molecule has 22 heavy (non-hydrogen) atoms. The molecule has 0 spiro atoms. The van der Waals surface area contributed by atoms with Gasteiger partial charge in [-0.25, -0.2) is 4.98 Å². The zero-order valence-electron chi connectivity index (χ0n) is 13.0. The van der Waals surface area contributed by atoms with Gasteiger partial charge in [0, 0.05) is 32.3 Å². The van der Waals surface area contributed by atoms with Crippen LogP contribution in [0, 0.1) is 6.92 Å². The second-order valence-electron chi connectivity index (χ2n) is 5.75. The van der Waals surface area contributed by atoms with Crippen molar-refractivity contribution in [3.8, 4) is 0 Å². The van der Waals surface area contributed by atoms with Crippen molar-refractivity contribution in [2.24, 2.45) is 0 Å². The topological polar surface area (TPSA) is 45.2 Å². The van der Waals surface area contributed by atoms with Crippen LogP contribution >= 0.6 is 11.3 Å². The molecule has 1 fully saturated rings. The lowest BCUT2D eigenvalue weighted by Crippen LogP contribution is -2.39. The summed E-state index contributed by atoms with van der Waals surface area (Å²) in [5.74, 6) is 1.46. The van der Waals surface area contributed by atoms with Crippen molar-refractivity contribution in [2.75, 3.05) is 25.5 Å². The van der Waals surface area contributed by atoms with Crippen LogP contribution in [0.4, 0.5) is 5.82 Å². The van der Waals surface area contributed by atoms with Crippen LogP contribution in [-0.2, 0) is 0 Å². The van der Waals surface area contributed by atoms with E-state index in [-0.39, 0.29) is 5.91 Å². The Bertz CT molecular complexity index is 667. The van der Waals surface area contributed by atoms with Crippen molar-refractivity contribution < 1.29 is 4.79 Å². The molecular weight excluding hydrogens is 294 g/mol. The highest BCUT2D eigenvalue weighted by Gasteiger charge is 2.26. The monoisotopic (exact) mass is 315 g/mol. The van der Waals surface area contributed by atoms with Gasteiger partial charge >= 0.3 is 0 Å². The predicted octanol–water partition coefficient (Wildman–Crippen LogP) is 3.51. The number of thiophene rings is 1. The number of amides is 1. The van der Waals surface area contributed by atoms with Crippen LogP contribution in [0.1, 0.15) is 39.6 Å². The van der Waals surface area contributed by atoms with Gasteiger partial charge in [0.2, 0.25) is 0 Å². The van der Waals surface area contributed by atoms with Crippen LogP contribution in [0.2, 0.25) is 0 Å². The normalized spacial score (nSPS) is 18.3. The van der Waals surface area contributed by atoms with Gasteiger partial charge in [0.05, 0.1) is 4.88 Å². The second-order valence-corrected chi connectivity index (χ2v) is 6.66. The summed E-state index contributed by atoms with van der Waals surface area (Å²) in [4.78, 5) is 19.8. The summed E-state index contributed by atoms with van der Waals surface area (Å²) in [6.07, 6.45) is 4.02. The first kappa shape index (κ1) is 15.0. The van der Waals surface area contributed by atoms with Gasteiger partial charge in [-0.2, -0.15) is 0 Å². The highest BCUT2D eigenvalue weighted by molar-refractivity contribution is 7.12. The number of pyridine rings is 1. The summed E-state index contributed by atoms with van der Waals surface area (Å²) in [7, 11) is 1.88. The number of rotatable bonds is 3. The molecule has 0 aromatic carbocycles. The summed E-state index contributed by atoms with van der Waals surface area (Å²) in [5, 5.41) is 5.07. The number of carbonyl (C=O) groups excluding carboxylic acids is 1. The Morgan fingerprint density at radius 1 is 1.45 bits per heavy atom. The van der Waals surface area contributed by atoms with Crippen LogP contribution in [0.5, 0.6) is 0 Å². The van der Waals surface area contributed by atoms with Crippen molar-refractivity contribution in [1.82, 2.24) is 9.88 Å². The van der Waals surface area contributed by atoms with Gasteiger partial charge in [0.1, 0.15) is 5.82 Å². The first-order valence-corrected chi connectivity index (χ1v) is 8.54. The Morgan fingerprint density at radius 3 is 3.05 bits per heavy atom. The fourth-order valence-corrected chi connectivity index (χ4v) is 3.90. The molecule has 0 bridgehead atoms. The lowest BCUT2D eigenvalue weighted by molar-refractivity contribution is 0.0711. The molecule has 1 aliphatic heterocycles. The van der Waals surface area contributed by atoms with Crippen molar-refractivity contribution in [3.63, 3.8) is 0 Å². The Balaban J connectivity index is 1.76. The van der Waals surface area contributed by atoms with Gasteiger partial charge in [-0.3, -0.25) is 4.79 Å². The lowest BCUT2D eigenvalue weighted by atomic mass is 9.91. The van der Waals surface area contributed by atoms with Crippen molar-refractivity contribution in [2.45, 2.75) is 25.7 Å². The van der Waals surface area contributed by atoms with Gasteiger partial charge in [-0.1, -0.05) is 0 Å². The van der Waals surface area contributed by atoms with Crippen LogP contribution in [0.25, 0.3) is 0 Å². The summed E-state index contributed by atoms with van der Waals surface area (Å²) < 4.78 is 0. The minimum absolute atomic E-state index is 0.181. The van der Waals surface area contributed by atoms with E-state index in [1.165, 1.54) is 5.56 Å². The number of aromatic nitrogens is 1. The Hall–Kier alpha value is -1.88. The number of carbonyl (C=O) groups is 1. The first-order valence-electron chi connectivity index (χ1n) is 7.66. The van der Waals surface area contributed by atoms with Crippen LogP contribution in [-0.4, -0.2) is 35.9 Å². The molecule has 3 rings (SSSR count). The zero-order chi connectivity index (χ0) is 15.5. The molecule has 0 radical (unpaired) electrons. The van der Waals surface area contributed by atoms with Gasteiger partial charge in [0.15, 0.2) is 0 Å². The molecule has 116 valence electrons. The van der Waals surface area contributed by atoms with E-state index in [0.29, 0.717) is 5.92 Å². The number of likely N-dealkylation sites (tertiary alicyclic amines) is 1. The quantitative estimate of drug-likeness (QED) is 0.942. The molecule has 1 unspecified atom stereocenters. The molecule has 1 N–H and O–H groups in total. The molecule has 5 heteroatoms. The van der Waals surface area contributed by atoms with Gasteiger partial charge in [0.25, 0.3) is 5.91 Å². The second kappa shape index (κ2) is 6.48. The average Bonchev–Trinajstić information content (AvgIpc) is 3.00. The number of anilines is 1. The lowest BCUT2D eigenvalue weighted by Gasteiger charge is -2.33. The molecule has 2 aromatic rings. The van der Waals surface area contributed by atoms with E-state index in [2.05, 4.69) is 22.4 Å². The molecule has 2 aromatic heterocycles.